The maximum Gasteiger partial charge on any atom is 0.252 e. The maximum atomic E-state index is 12.8. The number of nitrogens with one attached hydrogen (secondary N) is 1. The lowest BCUT2D eigenvalue weighted by atomic mass is 9.75. The minimum atomic E-state index is -0.281. The molecule has 1 heterocycles. The molecule has 0 spiro atoms. The number of methoxy groups -OCH3 is 1. The van der Waals surface area contributed by atoms with E-state index in [1.165, 1.54) is 0 Å². The van der Waals surface area contributed by atoms with Crippen LogP contribution in [-0.2, 0) is 0 Å². The molecule has 132 valence electrons. The number of aryl methyl sites for hydroxylation is 2. The molecule has 2 N–H and O–H groups in total. The van der Waals surface area contributed by atoms with Crippen molar-refractivity contribution in [3.63, 3.8) is 0 Å². The molecule has 0 radical (unpaired) electrons. The Bertz CT molecular complexity index is 752. The maximum absolute atomic E-state index is 12.8. The van der Waals surface area contributed by atoms with Crippen molar-refractivity contribution in [2.75, 3.05) is 7.11 Å². The first kappa shape index (κ1) is 17.4. The molecule has 0 saturated heterocycles. The number of rotatable bonds is 5. The van der Waals surface area contributed by atoms with E-state index in [0.717, 1.165) is 16.7 Å². The summed E-state index contributed by atoms with van der Waals surface area (Å²) in [5.74, 6) is 0.652. The van der Waals surface area contributed by atoms with Crippen LogP contribution in [0.25, 0.3) is 0 Å². The van der Waals surface area contributed by atoms with Crippen molar-refractivity contribution < 1.29 is 14.6 Å². The second kappa shape index (κ2) is 7.23. The van der Waals surface area contributed by atoms with Gasteiger partial charge < -0.3 is 15.2 Å². The molecule has 0 bridgehead atoms. The first-order valence-electron chi connectivity index (χ1n) is 8.54. The highest BCUT2D eigenvalue weighted by Gasteiger charge is 2.36. The van der Waals surface area contributed by atoms with Crippen LogP contribution in [0.15, 0.2) is 36.5 Å². The van der Waals surface area contributed by atoms with E-state index in [-0.39, 0.29) is 24.0 Å². The number of ether oxygens (including phenoxy) is 1. The Hall–Kier alpha value is -2.40. The molecule has 5 nitrogen and oxygen atoms in total. The molecular formula is C20H24N2O3. The fourth-order valence-electron chi connectivity index (χ4n) is 3.27. The third-order valence-electron chi connectivity index (χ3n) is 4.87. The number of aliphatic hydroxyl groups excluding tert-OH is 1. The Balaban J connectivity index is 1.84. The van der Waals surface area contributed by atoms with E-state index >= 15 is 0 Å². The summed E-state index contributed by atoms with van der Waals surface area (Å²) in [7, 11) is 1.57. The van der Waals surface area contributed by atoms with Gasteiger partial charge in [0, 0.05) is 17.8 Å². The predicted octanol–water partition coefficient (Wildman–Crippen LogP) is 2.95. The summed E-state index contributed by atoms with van der Waals surface area (Å²) in [5.41, 5.74) is 3.61. The molecule has 1 amide bonds. The first-order valence-corrected chi connectivity index (χ1v) is 8.54. The summed E-state index contributed by atoms with van der Waals surface area (Å²) in [4.78, 5) is 17.1. The van der Waals surface area contributed by atoms with Crippen molar-refractivity contribution >= 4 is 5.91 Å². The van der Waals surface area contributed by atoms with E-state index in [1.807, 2.05) is 38.1 Å². The van der Waals surface area contributed by atoms with Crippen LogP contribution in [0.5, 0.6) is 5.88 Å². The monoisotopic (exact) mass is 340 g/mol. The van der Waals surface area contributed by atoms with Crippen molar-refractivity contribution in [2.24, 2.45) is 5.92 Å². The van der Waals surface area contributed by atoms with Gasteiger partial charge in [-0.1, -0.05) is 23.8 Å². The highest BCUT2D eigenvalue weighted by atomic mass is 16.5. The second-order valence-corrected chi connectivity index (χ2v) is 6.79. The van der Waals surface area contributed by atoms with Crippen molar-refractivity contribution in [1.82, 2.24) is 10.3 Å². The van der Waals surface area contributed by atoms with E-state index < -0.39 is 0 Å². The van der Waals surface area contributed by atoms with Crippen molar-refractivity contribution in [3.8, 4) is 5.88 Å². The minimum Gasteiger partial charge on any atom is -0.481 e. The zero-order valence-corrected chi connectivity index (χ0v) is 14.8. The molecule has 1 saturated carbocycles. The van der Waals surface area contributed by atoms with E-state index in [0.29, 0.717) is 24.3 Å². The summed E-state index contributed by atoms with van der Waals surface area (Å²) < 4.78 is 5.11. The number of hydrogen-bond acceptors (Lipinski definition) is 4. The number of carbonyl (C=O) groups excluding carboxylic acids is 1. The number of benzene rings is 1. The van der Waals surface area contributed by atoms with E-state index in [1.54, 1.807) is 19.4 Å². The van der Waals surface area contributed by atoms with Gasteiger partial charge in [0.1, 0.15) is 0 Å². The Kier molecular flexibility index (Phi) is 5.04. The molecule has 0 unspecified atom stereocenters. The highest BCUT2D eigenvalue weighted by Crippen LogP contribution is 2.38. The van der Waals surface area contributed by atoms with Crippen LogP contribution in [-0.4, -0.2) is 29.2 Å². The van der Waals surface area contributed by atoms with E-state index in [4.69, 9.17) is 4.74 Å². The molecular weight excluding hydrogens is 316 g/mol. The van der Waals surface area contributed by atoms with Gasteiger partial charge in [-0.3, -0.25) is 4.79 Å². The Morgan fingerprint density at radius 1 is 1.28 bits per heavy atom. The SMILES string of the molecule is COc1ccc([C@H](NC(=O)c2cc(C)ccc2C)C2CC(O)C2)cn1. The van der Waals surface area contributed by atoms with Crippen LogP contribution < -0.4 is 10.1 Å². The molecule has 1 aliphatic rings. The van der Waals surface area contributed by atoms with Crippen LogP contribution >= 0.6 is 0 Å². The van der Waals surface area contributed by atoms with E-state index in [9.17, 15) is 9.90 Å². The topological polar surface area (TPSA) is 71.5 Å². The number of carbonyl (C=O) groups is 1. The smallest absolute Gasteiger partial charge is 0.252 e. The average Bonchev–Trinajstić information content (AvgIpc) is 2.59. The summed E-state index contributed by atoms with van der Waals surface area (Å²) in [6.07, 6.45) is 2.82. The summed E-state index contributed by atoms with van der Waals surface area (Å²) >= 11 is 0. The average molecular weight is 340 g/mol. The van der Waals surface area contributed by atoms with Crippen LogP contribution in [0.3, 0.4) is 0 Å². The molecule has 1 aromatic heterocycles. The molecule has 5 heteroatoms. The quantitative estimate of drug-likeness (QED) is 0.878. The van der Waals surface area contributed by atoms with E-state index in [2.05, 4.69) is 10.3 Å². The number of pyridine rings is 1. The largest absolute Gasteiger partial charge is 0.481 e. The fraction of sp³-hybridized carbons (Fsp3) is 0.400. The summed E-state index contributed by atoms with van der Waals surface area (Å²) in [5, 5.41) is 12.8. The van der Waals surface area contributed by atoms with Gasteiger partial charge in [0.2, 0.25) is 5.88 Å². The zero-order valence-electron chi connectivity index (χ0n) is 14.8. The van der Waals surface area contributed by atoms with Crippen LogP contribution in [0.1, 0.15) is 45.9 Å². The number of aromatic nitrogens is 1. The molecule has 25 heavy (non-hydrogen) atoms. The third-order valence-corrected chi connectivity index (χ3v) is 4.87. The lowest BCUT2D eigenvalue weighted by molar-refractivity contribution is 0.0234. The number of aliphatic hydroxyl groups is 1. The van der Waals surface area contributed by atoms with Gasteiger partial charge in [-0.2, -0.15) is 0 Å². The van der Waals surface area contributed by atoms with Crippen LogP contribution in [0, 0.1) is 19.8 Å². The third kappa shape index (κ3) is 3.82. The molecule has 1 aliphatic carbocycles. The van der Waals surface area contributed by atoms with Gasteiger partial charge >= 0.3 is 0 Å². The lowest BCUT2D eigenvalue weighted by Crippen LogP contribution is -2.41. The standard InChI is InChI=1S/C20H24N2O3/c1-12-4-5-13(2)17(8-12)20(24)22-19(15-9-16(23)10-15)14-6-7-18(25-3)21-11-14/h4-8,11,15-16,19,23H,9-10H2,1-3H3,(H,22,24)/t15?,16?,19-/m0/s1. The first-order chi connectivity index (χ1) is 12.0. The van der Waals surface area contributed by atoms with Crippen molar-refractivity contribution in [3.05, 3.63) is 58.8 Å². The normalized spacial score (nSPS) is 20.5. The van der Waals surface area contributed by atoms with Crippen molar-refractivity contribution in [2.45, 2.75) is 38.8 Å². The summed E-state index contributed by atoms with van der Waals surface area (Å²) in [6.45, 7) is 3.91. The van der Waals surface area contributed by atoms with Gasteiger partial charge in [0.25, 0.3) is 5.91 Å². The molecule has 0 aliphatic heterocycles. The zero-order chi connectivity index (χ0) is 18.0. The van der Waals surface area contributed by atoms with Crippen LogP contribution in [0.4, 0.5) is 0 Å². The minimum absolute atomic E-state index is 0.0941. The van der Waals surface area contributed by atoms with Gasteiger partial charge in [0.05, 0.1) is 19.3 Å². The van der Waals surface area contributed by atoms with Crippen molar-refractivity contribution in [1.29, 1.82) is 0 Å². The Morgan fingerprint density at radius 2 is 2.04 bits per heavy atom. The molecule has 2 aromatic rings. The van der Waals surface area contributed by atoms with Gasteiger partial charge in [-0.25, -0.2) is 4.98 Å². The second-order valence-electron chi connectivity index (χ2n) is 6.79. The lowest BCUT2D eigenvalue weighted by Gasteiger charge is -2.38. The molecule has 1 fully saturated rings. The van der Waals surface area contributed by atoms with Gasteiger partial charge in [-0.05, 0) is 49.8 Å². The number of hydrogen-bond donors (Lipinski definition) is 2. The Labute approximate surface area is 148 Å². The van der Waals surface area contributed by atoms with Gasteiger partial charge in [0.15, 0.2) is 0 Å². The molecule has 1 atom stereocenters. The molecule has 3 rings (SSSR count). The molecule has 1 aromatic carbocycles. The number of amides is 1. The Morgan fingerprint density at radius 3 is 2.64 bits per heavy atom. The fourth-order valence-corrected chi connectivity index (χ4v) is 3.27. The summed E-state index contributed by atoms with van der Waals surface area (Å²) in [6, 6.07) is 9.41. The predicted molar refractivity (Wildman–Crippen MR) is 95.6 cm³/mol. The van der Waals surface area contributed by atoms with Gasteiger partial charge in [-0.15, -0.1) is 0 Å². The number of nitrogens with zero attached hydrogens (tertiary/aromatic N) is 1. The highest BCUT2D eigenvalue weighted by molar-refractivity contribution is 5.96. The van der Waals surface area contributed by atoms with Crippen LogP contribution in [0.2, 0.25) is 0 Å².